The maximum atomic E-state index is 11.7. The largest absolute Gasteiger partial charge is 0.419 e. The van der Waals surface area contributed by atoms with Crippen molar-refractivity contribution < 1.29 is 18.3 Å². The van der Waals surface area contributed by atoms with E-state index in [4.69, 9.17) is 10.9 Å². The smallest absolute Gasteiger partial charge is 0.378 e. The molecule has 0 amide bonds. The number of rotatable bonds is 0. The Morgan fingerprint density at radius 1 is 1.40 bits per heavy atom. The third kappa shape index (κ3) is 0.979. The molecular formula is C4H7F3N2O. The van der Waals surface area contributed by atoms with Crippen LogP contribution in [-0.4, -0.2) is 35.0 Å². The molecule has 1 fully saturated rings. The van der Waals surface area contributed by atoms with Gasteiger partial charge < -0.3 is 5.11 Å². The molecule has 1 heterocycles. The van der Waals surface area contributed by atoms with Crippen LogP contribution in [0.5, 0.6) is 0 Å². The lowest BCUT2D eigenvalue weighted by molar-refractivity contribution is -0.302. The van der Waals surface area contributed by atoms with Gasteiger partial charge >= 0.3 is 6.18 Å². The third-order valence-electron chi connectivity index (χ3n) is 1.46. The van der Waals surface area contributed by atoms with Gasteiger partial charge in [-0.05, 0) is 0 Å². The van der Waals surface area contributed by atoms with Crippen LogP contribution in [0.15, 0.2) is 0 Å². The van der Waals surface area contributed by atoms with Crippen molar-refractivity contribution in [3.63, 3.8) is 0 Å². The van der Waals surface area contributed by atoms with Crippen LogP contribution >= 0.6 is 0 Å². The van der Waals surface area contributed by atoms with Crippen molar-refractivity contribution in [3.05, 3.63) is 0 Å². The predicted octanol–water partition coefficient (Wildman–Crippen LogP) is -0.531. The Labute approximate surface area is 55.2 Å². The maximum absolute atomic E-state index is 11.7. The number of aliphatic hydroxyl groups is 1. The molecule has 3 nitrogen and oxygen atoms in total. The molecule has 10 heavy (non-hydrogen) atoms. The molecule has 0 aromatic rings. The highest BCUT2D eigenvalue weighted by Crippen LogP contribution is 2.35. The molecule has 0 spiro atoms. The lowest BCUT2D eigenvalue weighted by Crippen LogP contribution is -2.71. The zero-order valence-corrected chi connectivity index (χ0v) is 5.02. The fourth-order valence-electron chi connectivity index (χ4n) is 0.805. The zero-order chi connectivity index (χ0) is 7.99. The van der Waals surface area contributed by atoms with Crippen LogP contribution in [0.4, 0.5) is 13.2 Å². The molecule has 0 unspecified atom stereocenters. The van der Waals surface area contributed by atoms with Gasteiger partial charge in [0.1, 0.15) is 0 Å². The van der Waals surface area contributed by atoms with Crippen molar-refractivity contribution in [1.82, 2.24) is 5.01 Å². The zero-order valence-electron chi connectivity index (χ0n) is 5.02. The van der Waals surface area contributed by atoms with Crippen LogP contribution in [0.3, 0.4) is 0 Å². The number of hydrogen-bond donors (Lipinski definition) is 2. The molecule has 3 N–H and O–H groups in total. The Bertz CT molecular complexity index is 140. The van der Waals surface area contributed by atoms with Gasteiger partial charge in [0.05, 0.1) is 13.1 Å². The number of hydrazine groups is 1. The summed E-state index contributed by atoms with van der Waals surface area (Å²) in [5.41, 5.74) is -2.57. The fourth-order valence-corrected chi connectivity index (χ4v) is 0.805. The molecule has 1 aliphatic heterocycles. The Hall–Kier alpha value is -0.330. The standard InChI is InChI=1S/C4H7F3N2O/c5-4(6,7)3(10)1-9(8)2-3/h10H,1-2,8H2. The number of nitrogens with two attached hydrogens (primary N) is 1. The van der Waals surface area contributed by atoms with E-state index in [0.29, 0.717) is 0 Å². The van der Waals surface area contributed by atoms with E-state index in [1.54, 1.807) is 0 Å². The maximum Gasteiger partial charge on any atom is 0.419 e. The van der Waals surface area contributed by atoms with Gasteiger partial charge in [-0.3, -0.25) is 5.84 Å². The Morgan fingerprint density at radius 2 is 1.80 bits per heavy atom. The summed E-state index contributed by atoms with van der Waals surface area (Å²) in [6.07, 6.45) is -4.55. The van der Waals surface area contributed by atoms with Crippen molar-refractivity contribution in [3.8, 4) is 0 Å². The minimum atomic E-state index is -4.55. The van der Waals surface area contributed by atoms with Crippen molar-refractivity contribution in [2.45, 2.75) is 11.8 Å². The monoisotopic (exact) mass is 156 g/mol. The molecule has 1 saturated heterocycles. The molecule has 0 bridgehead atoms. The van der Waals surface area contributed by atoms with Crippen LogP contribution in [0.25, 0.3) is 0 Å². The molecule has 0 aliphatic carbocycles. The second kappa shape index (κ2) is 1.84. The van der Waals surface area contributed by atoms with E-state index in [1.165, 1.54) is 0 Å². The van der Waals surface area contributed by atoms with E-state index in [-0.39, 0.29) is 0 Å². The van der Waals surface area contributed by atoms with Gasteiger partial charge in [0.25, 0.3) is 0 Å². The minimum absolute atomic E-state index is 0.531. The van der Waals surface area contributed by atoms with E-state index < -0.39 is 24.9 Å². The second-order valence-corrected chi connectivity index (χ2v) is 2.43. The molecule has 0 saturated carbocycles. The van der Waals surface area contributed by atoms with Crippen LogP contribution < -0.4 is 5.84 Å². The third-order valence-corrected chi connectivity index (χ3v) is 1.46. The minimum Gasteiger partial charge on any atom is -0.378 e. The van der Waals surface area contributed by atoms with Crippen LogP contribution in [-0.2, 0) is 0 Å². The second-order valence-electron chi connectivity index (χ2n) is 2.43. The summed E-state index contributed by atoms with van der Waals surface area (Å²) in [5.74, 6) is 4.92. The van der Waals surface area contributed by atoms with E-state index in [0.717, 1.165) is 5.01 Å². The first-order valence-corrected chi connectivity index (χ1v) is 2.64. The molecule has 1 aliphatic rings. The molecular weight excluding hydrogens is 149 g/mol. The SMILES string of the molecule is NN1CC(O)(C(F)(F)F)C1. The summed E-state index contributed by atoms with van der Waals surface area (Å²) in [6.45, 7) is -1.06. The highest BCUT2D eigenvalue weighted by Gasteiger charge is 2.60. The molecule has 0 radical (unpaired) electrons. The van der Waals surface area contributed by atoms with E-state index in [9.17, 15) is 13.2 Å². The quantitative estimate of drug-likeness (QED) is 0.463. The van der Waals surface area contributed by atoms with Gasteiger partial charge in [0.2, 0.25) is 0 Å². The fraction of sp³-hybridized carbons (Fsp3) is 1.00. The van der Waals surface area contributed by atoms with Gasteiger partial charge in [-0.2, -0.15) is 13.2 Å². The number of alkyl halides is 3. The Balaban J connectivity index is 2.57. The van der Waals surface area contributed by atoms with Crippen LogP contribution in [0.1, 0.15) is 0 Å². The lowest BCUT2D eigenvalue weighted by Gasteiger charge is -2.44. The van der Waals surface area contributed by atoms with Gasteiger partial charge in [0.15, 0.2) is 5.60 Å². The van der Waals surface area contributed by atoms with Crippen LogP contribution in [0, 0.1) is 0 Å². The van der Waals surface area contributed by atoms with Crippen molar-refractivity contribution in [2.24, 2.45) is 5.84 Å². The van der Waals surface area contributed by atoms with E-state index >= 15 is 0 Å². The van der Waals surface area contributed by atoms with Gasteiger partial charge in [-0.15, -0.1) is 0 Å². The average molecular weight is 156 g/mol. The lowest BCUT2D eigenvalue weighted by atomic mass is 9.96. The molecule has 6 heteroatoms. The topological polar surface area (TPSA) is 49.5 Å². The molecule has 0 atom stereocenters. The first kappa shape index (κ1) is 7.77. The summed E-state index contributed by atoms with van der Waals surface area (Å²) < 4.78 is 35.2. The normalized spacial score (nSPS) is 26.1. The van der Waals surface area contributed by atoms with Crippen LogP contribution in [0.2, 0.25) is 0 Å². The van der Waals surface area contributed by atoms with Crippen molar-refractivity contribution in [1.29, 1.82) is 0 Å². The van der Waals surface area contributed by atoms with Crippen molar-refractivity contribution >= 4 is 0 Å². The number of nitrogens with zero attached hydrogens (tertiary/aromatic N) is 1. The number of β-amino-alcohol motifs (C(OH)–C–C–N with tert-alkyl or cyclic N) is 1. The summed E-state index contributed by atoms with van der Waals surface area (Å²) in [5, 5.41) is 9.58. The Morgan fingerprint density at radius 3 is 1.90 bits per heavy atom. The highest BCUT2D eigenvalue weighted by atomic mass is 19.4. The number of hydrogen-bond acceptors (Lipinski definition) is 3. The summed E-state index contributed by atoms with van der Waals surface area (Å²) in [7, 11) is 0. The highest BCUT2D eigenvalue weighted by molar-refractivity contribution is 4.98. The van der Waals surface area contributed by atoms with Gasteiger partial charge in [-0.1, -0.05) is 0 Å². The van der Waals surface area contributed by atoms with E-state index in [2.05, 4.69) is 0 Å². The summed E-state index contributed by atoms with van der Waals surface area (Å²) in [4.78, 5) is 0. The first-order valence-electron chi connectivity index (χ1n) is 2.64. The molecule has 0 aromatic heterocycles. The summed E-state index contributed by atoms with van der Waals surface area (Å²) in [6, 6.07) is 0. The first-order chi connectivity index (χ1) is 4.35. The molecule has 60 valence electrons. The number of halogens is 3. The van der Waals surface area contributed by atoms with Crippen molar-refractivity contribution in [2.75, 3.05) is 13.1 Å². The van der Waals surface area contributed by atoms with E-state index in [1.807, 2.05) is 0 Å². The average Bonchev–Trinajstić information content (AvgIpc) is 1.58. The summed E-state index contributed by atoms with van der Waals surface area (Å²) >= 11 is 0. The predicted molar refractivity (Wildman–Crippen MR) is 26.8 cm³/mol. The Kier molecular flexibility index (Phi) is 1.43. The van der Waals surface area contributed by atoms with Gasteiger partial charge in [-0.25, -0.2) is 5.01 Å². The van der Waals surface area contributed by atoms with Gasteiger partial charge in [0, 0.05) is 0 Å². The molecule has 0 aromatic carbocycles. The molecule has 1 rings (SSSR count).